The highest BCUT2D eigenvalue weighted by Gasteiger charge is 2.38. The predicted molar refractivity (Wildman–Crippen MR) is 68.6 cm³/mol. The number of thioether (sulfide) groups is 1. The van der Waals surface area contributed by atoms with Crippen molar-refractivity contribution in [1.29, 1.82) is 0 Å². The van der Waals surface area contributed by atoms with Crippen molar-refractivity contribution in [1.82, 2.24) is 10.1 Å². The van der Waals surface area contributed by atoms with E-state index >= 15 is 0 Å². The summed E-state index contributed by atoms with van der Waals surface area (Å²) >= 11 is 1.66. The fraction of sp³-hybridized carbons (Fsp3) is 0.333. The third-order valence-electron chi connectivity index (χ3n) is 2.34. The number of rotatable bonds is 5. The van der Waals surface area contributed by atoms with Crippen molar-refractivity contribution in [3.05, 3.63) is 30.2 Å². The molecule has 0 bridgehead atoms. The standard InChI is InChI=1S/C12H11F3N2O2S/c1-20-7-6-18-9-4-2-8(3-5-9)10-16-11(19-17-10)12(13,14)15/h2-5H,6-7H2,1H3. The van der Waals surface area contributed by atoms with Crippen molar-refractivity contribution in [2.75, 3.05) is 18.6 Å². The van der Waals surface area contributed by atoms with E-state index in [9.17, 15) is 13.2 Å². The maximum absolute atomic E-state index is 12.3. The minimum Gasteiger partial charge on any atom is -0.493 e. The van der Waals surface area contributed by atoms with E-state index in [1.807, 2.05) is 6.26 Å². The van der Waals surface area contributed by atoms with Crippen LogP contribution in [0.2, 0.25) is 0 Å². The molecule has 4 nitrogen and oxygen atoms in total. The third kappa shape index (κ3) is 3.66. The summed E-state index contributed by atoms with van der Waals surface area (Å²) in [5, 5.41) is 3.31. The zero-order chi connectivity index (χ0) is 14.6. The molecule has 1 heterocycles. The number of benzene rings is 1. The number of ether oxygens (including phenoxy) is 1. The molecule has 0 aliphatic carbocycles. The molecule has 20 heavy (non-hydrogen) atoms. The lowest BCUT2D eigenvalue weighted by atomic mass is 10.2. The zero-order valence-electron chi connectivity index (χ0n) is 10.5. The van der Waals surface area contributed by atoms with Gasteiger partial charge in [0.25, 0.3) is 0 Å². The first-order valence-electron chi connectivity index (χ1n) is 5.64. The fourth-order valence-electron chi connectivity index (χ4n) is 1.40. The predicted octanol–water partition coefficient (Wildman–Crippen LogP) is 3.50. The maximum Gasteiger partial charge on any atom is 0.471 e. The van der Waals surface area contributed by atoms with Gasteiger partial charge in [-0.05, 0) is 30.5 Å². The van der Waals surface area contributed by atoms with Gasteiger partial charge in [-0.2, -0.15) is 29.9 Å². The smallest absolute Gasteiger partial charge is 0.471 e. The van der Waals surface area contributed by atoms with Crippen LogP contribution in [-0.4, -0.2) is 28.8 Å². The second kappa shape index (κ2) is 6.17. The quantitative estimate of drug-likeness (QED) is 0.791. The molecule has 0 aliphatic rings. The minimum absolute atomic E-state index is 0.104. The summed E-state index contributed by atoms with van der Waals surface area (Å²) in [4.78, 5) is 3.31. The molecule has 0 unspecified atom stereocenters. The average molecular weight is 304 g/mol. The van der Waals surface area contributed by atoms with Crippen LogP contribution in [0.5, 0.6) is 5.75 Å². The fourth-order valence-corrected chi connectivity index (χ4v) is 1.65. The molecular weight excluding hydrogens is 293 g/mol. The number of hydrogen-bond donors (Lipinski definition) is 0. The monoisotopic (exact) mass is 304 g/mol. The van der Waals surface area contributed by atoms with Gasteiger partial charge < -0.3 is 9.26 Å². The van der Waals surface area contributed by atoms with Crippen LogP contribution in [0.4, 0.5) is 13.2 Å². The third-order valence-corrected chi connectivity index (χ3v) is 2.91. The highest BCUT2D eigenvalue weighted by atomic mass is 32.2. The van der Waals surface area contributed by atoms with E-state index in [1.165, 1.54) is 0 Å². The summed E-state index contributed by atoms with van der Waals surface area (Å²) < 4.78 is 46.6. The Kier molecular flexibility index (Phi) is 4.53. The largest absolute Gasteiger partial charge is 0.493 e. The van der Waals surface area contributed by atoms with Gasteiger partial charge in [-0.3, -0.25) is 0 Å². The van der Waals surface area contributed by atoms with Crippen LogP contribution < -0.4 is 4.74 Å². The van der Waals surface area contributed by atoms with Gasteiger partial charge in [0.05, 0.1) is 6.61 Å². The molecule has 0 radical (unpaired) electrons. The van der Waals surface area contributed by atoms with Crippen LogP contribution in [-0.2, 0) is 6.18 Å². The molecule has 2 aromatic rings. The van der Waals surface area contributed by atoms with Crippen molar-refractivity contribution in [3.63, 3.8) is 0 Å². The van der Waals surface area contributed by atoms with Gasteiger partial charge in [0.1, 0.15) is 5.75 Å². The van der Waals surface area contributed by atoms with E-state index in [0.717, 1.165) is 5.75 Å². The van der Waals surface area contributed by atoms with Crippen molar-refractivity contribution >= 4 is 11.8 Å². The topological polar surface area (TPSA) is 48.2 Å². The van der Waals surface area contributed by atoms with Crippen LogP contribution in [0.1, 0.15) is 5.89 Å². The maximum atomic E-state index is 12.3. The SMILES string of the molecule is CSCCOc1ccc(-c2noc(C(F)(F)F)n2)cc1. The van der Waals surface area contributed by atoms with E-state index in [1.54, 1.807) is 36.0 Å². The molecule has 0 aliphatic heterocycles. The number of halogens is 3. The van der Waals surface area contributed by atoms with Crippen molar-refractivity contribution in [2.24, 2.45) is 0 Å². The van der Waals surface area contributed by atoms with E-state index in [0.29, 0.717) is 17.9 Å². The Morgan fingerprint density at radius 3 is 2.50 bits per heavy atom. The second-order valence-corrected chi connectivity index (χ2v) is 4.77. The Balaban J connectivity index is 2.08. The Bertz CT molecular complexity index is 555. The first kappa shape index (κ1) is 14.7. The molecule has 1 aromatic heterocycles. The highest BCUT2D eigenvalue weighted by Crippen LogP contribution is 2.29. The second-order valence-electron chi connectivity index (χ2n) is 3.79. The Morgan fingerprint density at radius 1 is 1.25 bits per heavy atom. The summed E-state index contributed by atoms with van der Waals surface area (Å²) in [6, 6.07) is 6.47. The average Bonchev–Trinajstić information content (AvgIpc) is 2.89. The molecule has 0 atom stereocenters. The van der Waals surface area contributed by atoms with Crippen LogP contribution in [0, 0.1) is 0 Å². The lowest BCUT2D eigenvalue weighted by Crippen LogP contribution is -2.04. The molecule has 0 N–H and O–H groups in total. The number of hydrogen-bond acceptors (Lipinski definition) is 5. The number of nitrogens with zero attached hydrogens (tertiary/aromatic N) is 2. The molecule has 2 rings (SSSR count). The molecular formula is C12H11F3N2O2S. The zero-order valence-corrected chi connectivity index (χ0v) is 11.3. The Morgan fingerprint density at radius 2 is 1.95 bits per heavy atom. The van der Waals surface area contributed by atoms with E-state index in [-0.39, 0.29) is 5.82 Å². The van der Waals surface area contributed by atoms with Crippen molar-refractivity contribution < 1.29 is 22.4 Å². The van der Waals surface area contributed by atoms with Crippen molar-refractivity contribution in [3.8, 4) is 17.1 Å². The molecule has 0 saturated carbocycles. The molecule has 0 spiro atoms. The summed E-state index contributed by atoms with van der Waals surface area (Å²) in [5.74, 6) is 0.0461. The first-order valence-corrected chi connectivity index (χ1v) is 7.03. The lowest BCUT2D eigenvalue weighted by molar-refractivity contribution is -0.159. The Hall–Kier alpha value is -1.70. The molecule has 0 fully saturated rings. The summed E-state index contributed by atoms with van der Waals surface area (Å²) in [7, 11) is 0. The van der Waals surface area contributed by atoms with Gasteiger partial charge in [-0.15, -0.1) is 0 Å². The van der Waals surface area contributed by atoms with Gasteiger partial charge in [-0.1, -0.05) is 5.16 Å². The number of aromatic nitrogens is 2. The van der Waals surface area contributed by atoms with E-state index in [2.05, 4.69) is 14.7 Å². The molecule has 1 aromatic carbocycles. The molecule has 8 heteroatoms. The van der Waals surface area contributed by atoms with Gasteiger partial charge in [-0.25, -0.2) is 0 Å². The first-order chi connectivity index (χ1) is 9.50. The van der Waals surface area contributed by atoms with Gasteiger partial charge in [0, 0.05) is 11.3 Å². The Labute approximate surface area is 117 Å². The van der Waals surface area contributed by atoms with Crippen LogP contribution in [0.3, 0.4) is 0 Å². The van der Waals surface area contributed by atoms with Crippen LogP contribution in [0.15, 0.2) is 28.8 Å². The van der Waals surface area contributed by atoms with Crippen LogP contribution >= 0.6 is 11.8 Å². The molecule has 0 saturated heterocycles. The van der Waals surface area contributed by atoms with Crippen molar-refractivity contribution in [2.45, 2.75) is 6.18 Å². The van der Waals surface area contributed by atoms with Crippen LogP contribution in [0.25, 0.3) is 11.4 Å². The minimum atomic E-state index is -4.63. The lowest BCUT2D eigenvalue weighted by Gasteiger charge is -2.04. The highest BCUT2D eigenvalue weighted by molar-refractivity contribution is 7.98. The molecule has 108 valence electrons. The summed E-state index contributed by atoms with van der Waals surface area (Å²) in [6.07, 6.45) is -2.66. The number of alkyl halides is 3. The van der Waals surface area contributed by atoms with Gasteiger partial charge in [0.2, 0.25) is 5.82 Å². The normalized spacial score (nSPS) is 11.6. The molecule has 0 amide bonds. The van der Waals surface area contributed by atoms with Gasteiger partial charge >= 0.3 is 12.1 Å². The summed E-state index contributed by atoms with van der Waals surface area (Å²) in [6.45, 7) is 0.570. The van der Waals surface area contributed by atoms with Gasteiger partial charge in [0.15, 0.2) is 0 Å². The summed E-state index contributed by atoms with van der Waals surface area (Å²) in [5.41, 5.74) is 0.432. The van der Waals surface area contributed by atoms with E-state index in [4.69, 9.17) is 4.74 Å². The van der Waals surface area contributed by atoms with E-state index < -0.39 is 12.1 Å².